The van der Waals surface area contributed by atoms with Crippen molar-refractivity contribution in [1.29, 1.82) is 0 Å². The van der Waals surface area contributed by atoms with Crippen LogP contribution in [-0.2, 0) is 28.6 Å². The van der Waals surface area contributed by atoms with Gasteiger partial charge in [-0.1, -0.05) is 0 Å². The number of ether oxygens (including phenoxy) is 3. The number of hydrogen-bond donors (Lipinski definition) is 3. The zero-order chi connectivity index (χ0) is 17.3. The highest BCUT2D eigenvalue weighted by molar-refractivity contribution is 5.90. The van der Waals surface area contributed by atoms with Crippen LogP contribution in [0.15, 0.2) is 0 Å². The zero-order valence-corrected chi connectivity index (χ0v) is 12.7. The molecule has 3 N–H and O–H groups in total. The minimum Gasteiger partial charge on any atom is -0.466 e. The lowest BCUT2D eigenvalue weighted by molar-refractivity contribution is -0.185. The average molecular weight is 334 g/mol. The predicted molar refractivity (Wildman–Crippen MR) is 73.8 cm³/mol. The van der Waals surface area contributed by atoms with Gasteiger partial charge < -0.3 is 29.5 Å². The maximum atomic E-state index is 11.9. The summed E-state index contributed by atoms with van der Waals surface area (Å²) in [7, 11) is 0. The molecule has 0 aromatic heterocycles. The van der Waals surface area contributed by atoms with Crippen LogP contribution >= 0.6 is 0 Å². The lowest BCUT2D eigenvalue weighted by Crippen LogP contribution is -2.45. The van der Waals surface area contributed by atoms with Crippen LogP contribution in [0, 0.1) is 0 Å². The van der Waals surface area contributed by atoms with Crippen LogP contribution in [0.2, 0.25) is 0 Å². The molecule has 0 spiro atoms. The molecule has 0 aromatic rings. The van der Waals surface area contributed by atoms with Crippen LogP contribution in [0.25, 0.3) is 0 Å². The van der Waals surface area contributed by atoms with E-state index in [0.29, 0.717) is 12.8 Å². The monoisotopic (exact) mass is 334 g/mol. The quantitative estimate of drug-likeness (QED) is 0.337. The van der Waals surface area contributed by atoms with Gasteiger partial charge in [-0.3, -0.25) is 9.59 Å². The Kier molecular flexibility index (Phi) is 7.93. The number of aliphatic hydroxyl groups is 3. The van der Waals surface area contributed by atoms with Crippen LogP contribution in [0.5, 0.6) is 0 Å². The first-order valence-corrected chi connectivity index (χ1v) is 7.40. The molecule has 9 heteroatoms. The van der Waals surface area contributed by atoms with Crippen molar-refractivity contribution in [3.8, 4) is 0 Å². The summed E-state index contributed by atoms with van der Waals surface area (Å²) in [6.45, 7) is -0.506. The topological polar surface area (TPSA) is 140 Å². The van der Waals surface area contributed by atoms with E-state index in [1.165, 1.54) is 0 Å². The molecular weight excluding hydrogens is 312 g/mol. The van der Waals surface area contributed by atoms with Crippen LogP contribution < -0.4 is 0 Å². The lowest BCUT2D eigenvalue weighted by Gasteiger charge is -2.24. The molecule has 0 atom stereocenters. The number of carbonyl (C=O) groups excluding carboxylic acids is 3. The molecule has 0 amide bonds. The molecule has 0 unspecified atom stereocenters. The SMILES string of the molecule is O=C1CC(O)(C(=O)OCC(O)O)CC(=O)OCCCCCCO1. The van der Waals surface area contributed by atoms with Gasteiger partial charge in [-0.25, -0.2) is 4.79 Å². The summed E-state index contributed by atoms with van der Waals surface area (Å²) in [6.07, 6.45) is -0.670. The number of rotatable bonds is 3. The van der Waals surface area contributed by atoms with Crippen molar-refractivity contribution in [2.45, 2.75) is 50.4 Å². The first-order chi connectivity index (χ1) is 10.8. The maximum absolute atomic E-state index is 11.9. The molecule has 1 heterocycles. The second-order valence-electron chi connectivity index (χ2n) is 5.32. The van der Waals surface area contributed by atoms with E-state index in [4.69, 9.17) is 19.7 Å². The molecule has 0 aliphatic carbocycles. The Morgan fingerprint density at radius 3 is 1.96 bits per heavy atom. The van der Waals surface area contributed by atoms with Gasteiger partial charge in [0, 0.05) is 0 Å². The Morgan fingerprint density at radius 1 is 1.04 bits per heavy atom. The molecule has 1 aliphatic heterocycles. The molecule has 0 saturated carbocycles. The van der Waals surface area contributed by atoms with Gasteiger partial charge in [-0.15, -0.1) is 0 Å². The standard InChI is InChI=1S/C14H22O9/c15-10(16)9-23-13(19)14(20)7-11(17)21-5-3-1-2-4-6-22-12(18)8-14/h10,15-16,20H,1-9H2. The van der Waals surface area contributed by atoms with Crippen molar-refractivity contribution >= 4 is 17.9 Å². The molecular formula is C14H22O9. The van der Waals surface area contributed by atoms with Gasteiger partial charge in [0.25, 0.3) is 0 Å². The van der Waals surface area contributed by atoms with Crippen LogP contribution in [0.3, 0.4) is 0 Å². The van der Waals surface area contributed by atoms with Gasteiger partial charge in [0.2, 0.25) is 0 Å². The van der Waals surface area contributed by atoms with Crippen molar-refractivity contribution in [1.82, 2.24) is 0 Å². The van der Waals surface area contributed by atoms with E-state index in [1.807, 2.05) is 0 Å². The number of hydrogen-bond acceptors (Lipinski definition) is 9. The third-order valence-corrected chi connectivity index (χ3v) is 3.18. The third kappa shape index (κ3) is 7.40. The number of aliphatic hydroxyl groups excluding tert-OH is 1. The van der Waals surface area contributed by atoms with E-state index in [2.05, 4.69) is 4.74 Å². The minimum absolute atomic E-state index is 0.147. The predicted octanol–water partition coefficient (Wildman–Crippen LogP) is -0.988. The van der Waals surface area contributed by atoms with Crippen molar-refractivity contribution in [3.63, 3.8) is 0 Å². The Bertz CT molecular complexity index is 394. The maximum Gasteiger partial charge on any atom is 0.339 e. The number of esters is 3. The fourth-order valence-corrected chi connectivity index (χ4v) is 2.00. The number of carbonyl (C=O) groups is 3. The second-order valence-corrected chi connectivity index (χ2v) is 5.32. The van der Waals surface area contributed by atoms with Crippen molar-refractivity contribution in [3.05, 3.63) is 0 Å². The summed E-state index contributed by atoms with van der Waals surface area (Å²) in [5.74, 6) is -3.04. The molecule has 1 fully saturated rings. The summed E-state index contributed by atoms with van der Waals surface area (Å²) in [5.41, 5.74) is -2.48. The molecule has 132 valence electrons. The first-order valence-electron chi connectivity index (χ1n) is 7.40. The fourth-order valence-electron chi connectivity index (χ4n) is 2.00. The first kappa shape index (κ1) is 19.3. The van der Waals surface area contributed by atoms with Gasteiger partial charge in [-0.05, 0) is 25.7 Å². The van der Waals surface area contributed by atoms with Gasteiger partial charge >= 0.3 is 17.9 Å². The second kappa shape index (κ2) is 9.43. The van der Waals surface area contributed by atoms with E-state index in [9.17, 15) is 19.5 Å². The molecule has 1 rings (SSSR count). The third-order valence-electron chi connectivity index (χ3n) is 3.18. The van der Waals surface area contributed by atoms with Gasteiger partial charge in [0.15, 0.2) is 11.9 Å². The normalized spacial score (nSPS) is 20.5. The summed E-state index contributed by atoms with van der Waals surface area (Å²) < 4.78 is 14.3. The molecule has 0 radical (unpaired) electrons. The van der Waals surface area contributed by atoms with E-state index in [0.717, 1.165) is 12.8 Å². The van der Waals surface area contributed by atoms with Crippen molar-refractivity contribution in [2.75, 3.05) is 19.8 Å². The molecule has 1 saturated heterocycles. The highest BCUT2D eigenvalue weighted by Crippen LogP contribution is 2.20. The highest BCUT2D eigenvalue weighted by atomic mass is 16.6. The van der Waals surface area contributed by atoms with Crippen molar-refractivity contribution in [2.24, 2.45) is 0 Å². The summed E-state index contributed by atoms with van der Waals surface area (Å²) >= 11 is 0. The van der Waals surface area contributed by atoms with E-state index < -0.39 is 49.2 Å². The van der Waals surface area contributed by atoms with Crippen LogP contribution in [-0.4, -0.2) is 64.9 Å². The summed E-state index contributed by atoms with van der Waals surface area (Å²) in [4.78, 5) is 35.3. The highest BCUT2D eigenvalue weighted by Gasteiger charge is 2.43. The van der Waals surface area contributed by atoms with E-state index in [-0.39, 0.29) is 13.2 Å². The van der Waals surface area contributed by atoms with Gasteiger partial charge in [0.1, 0.15) is 6.61 Å². The Labute approximate surface area is 133 Å². The molecule has 0 bridgehead atoms. The Balaban J connectivity index is 2.79. The fraction of sp³-hybridized carbons (Fsp3) is 0.786. The Hall–Kier alpha value is -1.71. The molecule has 9 nitrogen and oxygen atoms in total. The largest absolute Gasteiger partial charge is 0.466 e. The Morgan fingerprint density at radius 2 is 1.52 bits per heavy atom. The smallest absolute Gasteiger partial charge is 0.339 e. The van der Waals surface area contributed by atoms with Crippen LogP contribution in [0.4, 0.5) is 0 Å². The van der Waals surface area contributed by atoms with Crippen LogP contribution in [0.1, 0.15) is 38.5 Å². The molecule has 1 aliphatic rings. The zero-order valence-electron chi connectivity index (χ0n) is 12.7. The average Bonchev–Trinajstić information content (AvgIpc) is 2.47. The van der Waals surface area contributed by atoms with E-state index >= 15 is 0 Å². The van der Waals surface area contributed by atoms with E-state index in [1.54, 1.807) is 0 Å². The van der Waals surface area contributed by atoms with Gasteiger partial charge in [-0.2, -0.15) is 0 Å². The molecule has 23 heavy (non-hydrogen) atoms. The molecule has 0 aromatic carbocycles. The summed E-state index contributed by atoms with van der Waals surface area (Å²) in [6, 6.07) is 0. The summed E-state index contributed by atoms with van der Waals surface area (Å²) in [5, 5.41) is 27.7. The lowest BCUT2D eigenvalue weighted by atomic mass is 9.95. The van der Waals surface area contributed by atoms with Gasteiger partial charge in [0.05, 0.1) is 26.1 Å². The minimum atomic E-state index is -2.48. The number of cyclic esters (lactones) is 2. The van der Waals surface area contributed by atoms with Crippen molar-refractivity contribution < 1.29 is 43.9 Å².